The molecule has 0 unspecified atom stereocenters. The van der Waals surface area contributed by atoms with E-state index >= 15 is 0 Å². The van der Waals surface area contributed by atoms with Crippen molar-refractivity contribution in [2.45, 2.75) is 11.8 Å². The quantitative estimate of drug-likeness (QED) is 0.431. The number of sulfonamides is 1. The van der Waals surface area contributed by atoms with E-state index < -0.39 is 15.9 Å². The van der Waals surface area contributed by atoms with Gasteiger partial charge in [-0.05, 0) is 61.5 Å². The molecule has 0 saturated heterocycles. The Balaban J connectivity index is 1.74. The molecule has 10 heteroatoms. The zero-order valence-corrected chi connectivity index (χ0v) is 19.6. The van der Waals surface area contributed by atoms with E-state index in [1.165, 1.54) is 25.3 Å². The molecule has 0 aliphatic rings. The van der Waals surface area contributed by atoms with Crippen LogP contribution < -0.4 is 24.2 Å². The number of nitrogens with one attached hydrogen (secondary N) is 2. The van der Waals surface area contributed by atoms with E-state index in [4.69, 9.17) is 25.8 Å². The van der Waals surface area contributed by atoms with Gasteiger partial charge in [0.2, 0.25) is 0 Å². The van der Waals surface area contributed by atoms with Crippen molar-refractivity contribution in [3.8, 4) is 17.2 Å². The van der Waals surface area contributed by atoms with Gasteiger partial charge in [0.25, 0.3) is 15.9 Å². The van der Waals surface area contributed by atoms with E-state index in [1.807, 2.05) is 6.92 Å². The number of amides is 1. The number of rotatable bonds is 10. The highest BCUT2D eigenvalue weighted by Gasteiger charge is 2.21. The Hall–Kier alpha value is -3.43. The fourth-order valence-corrected chi connectivity index (χ4v) is 4.31. The Morgan fingerprint density at radius 1 is 0.939 bits per heavy atom. The molecule has 0 bridgehead atoms. The highest BCUT2D eigenvalue weighted by Crippen LogP contribution is 2.29. The van der Waals surface area contributed by atoms with Gasteiger partial charge in [0.05, 0.1) is 18.7 Å². The van der Waals surface area contributed by atoms with Gasteiger partial charge in [-0.25, -0.2) is 8.42 Å². The molecule has 0 aromatic heterocycles. The number of hydrogen-bond acceptors (Lipinski definition) is 6. The zero-order chi connectivity index (χ0) is 23.8. The molecular weight excluding hydrogens is 468 g/mol. The minimum absolute atomic E-state index is 0.124. The van der Waals surface area contributed by atoms with Crippen LogP contribution in [0.25, 0.3) is 0 Å². The predicted octanol–water partition coefficient (Wildman–Crippen LogP) is 4.57. The van der Waals surface area contributed by atoms with Crippen molar-refractivity contribution in [2.24, 2.45) is 0 Å². The summed E-state index contributed by atoms with van der Waals surface area (Å²) in [6, 6.07) is 17.6. The number of halogens is 1. The normalized spacial score (nSPS) is 10.9. The number of carbonyl (C=O) groups excluding carboxylic acids is 1. The second-order valence-electron chi connectivity index (χ2n) is 6.70. The molecule has 3 rings (SSSR count). The number of para-hydroxylation sites is 1. The summed E-state index contributed by atoms with van der Waals surface area (Å²) >= 11 is 6.01. The maximum Gasteiger partial charge on any atom is 0.265 e. The first-order chi connectivity index (χ1) is 15.8. The molecule has 0 saturated carbocycles. The van der Waals surface area contributed by atoms with Crippen molar-refractivity contribution in [3.63, 3.8) is 0 Å². The maximum atomic E-state index is 13.0. The van der Waals surface area contributed by atoms with Crippen molar-refractivity contribution < 1.29 is 27.4 Å². The Morgan fingerprint density at radius 2 is 1.64 bits per heavy atom. The van der Waals surface area contributed by atoms with Crippen LogP contribution in [0.1, 0.15) is 6.92 Å². The van der Waals surface area contributed by atoms with E-state index in [0.29, 0.717) is 28.8 Å². The largest absolute Gasteiger partial charge is 0.495 e. The Labute approximate surface area is 197 Å². The molecular formula is C23H23ClN2O6S. The van der Waals surface area contributed by atoms with Crippen molar-refractivity contribution in [1.29, 1.82) is 0 Å². The molecule has 0 aliphatic heterocycles. The van der Waals surface area contributed by atoms with Gasteiger partial charge in [0, 0.05) is 11.4 Å². The number of anilines is 2. The summed E-state index contributed by atoms with van der Waals surface area (Å²) in [5.41, 5.74) is 0.610. The Kier molecular flexibility index (Phi) is 8.02. The first kappa shape index (κ1) is 24.2. The van der Waals surface area contributed by atoms with Crippen molar-refractivity contribution in [3.05, 3.63) is 71.8 Å². The number of carbonyl (C=O) groups is 1. The first-order valence-electron chi connectivity index (χ1n) is 9.93. The van der Waals surface area contributed by atoms with E-state index in [0.717, 1.165) is 0 Å². The van der Waals surface area contributed by atoms with Crippen LogP contribution >= 0.6 is 11.6 Å². The van der Waals surface area contributed by atoms with Crippen LogP contribution in [0.4, 0.5) is 11.4 Å². The third-order valence-corrected chi connectivity index (χ3v) is 6.06. The lowest BCUT2D eigenvalue weighted by Gasteiger charge is -2.14. The first-order valence-corrected chi connectivity index (χ1v) is 11.8. The van der Waals surface area contributed by atoms with Gasteiger partial charge < -0.3 is 19.5 Å². The van der Waals surface area contributed by atoms with Crippen molar-refractivity contribution in [1.82, 2.24) is 0 Å². The summed E-state index contributed by atoms with van der Waals surface area (Å²) in [7, 11) is -2.65. The number of hydrogen-bond donors (Lipinski definition) is 2. The van der Waals surface area contributed by atoms with Crippen molar-refractivity contribution >= 4 is 38.9 Å². The summed E-state index contributed by atoms with van der Waals surface area (Å²) in [6.07, 6.45) is 0. The summed E-state index contributed by atoms with van der Waals surface area (Å²) in [4.78, 5) is 12.2. The monoisotopic (exact) mass is 490 g/mol. The molecule has 0 aliphatic carbocycles. The molecule has 0 fully saturated rings. The van der Waals surface area contributed by atoms with Crippen molar-refractivity contribution in [2.75, 3.05) is 30.4 Å². The van der Waals surface area contributed by atoms with E-state index in [1.54, 1.807) is 48.5 Å². The molecule has 3 aromatic rings. The average Bonchev–Trinajstić information content (AvgIpc) is 2.80. The molecule has 0 spiro atoms. The van der Waals surface area contributed by atoms with Gasteiger partial charge >= 0.3 is 0 Å². The maximum absolute atomic E-state index is 13.0. The fourth-order valence-electron chi connectivity index (χ4n) is 2.86. The summed E-state index contributed by atoms with van der Waals surface area (Å²) in [5.74, 6) is 0.635. The molecule has 0 radical (unpaired) electrons. The van der Waals surface area contributed by atoms with Gasteiger partial charge in [-0.15, -0.1) is 0 Å². The standard InChI is InChI=1S/C23H23ClN2O6S/c1-3-31-18-11-8-16(9-12-18)26-33(28,29)22-14-17(10-13-21(22)30-2)25-23(27)15-32-20-7-5-4-6-19(20)24/h4-14,26H,3,15H2,1-2H3,(H,25,27). The molecule has 0 atom stereocenters. The van der Waals surface area contributed by atoms with Crippen LogP contribution in [0.2, 0.25) is 5.02 Å². The highest BCUT2D eigenvalue weighted by molar-refractivity contribution is 7.92. The van der Waals surface area contributed by atoms with E-state index in [-0.39, 0.29) is 22.9 Å². The molecule has 0 heterocycles. The van der Waals surface area contributed by atoms with Crippen LogP contribution in [0, 0.1) is 0 Å². The lowest BCUT2D eigenvalue weighted by Crippen LogP contribution is -2.21. The SMILES string of the molecule is CCOc1ccc(NS(=O)(=O)c2cc(NC(=O)COc3ccccc3Cl)ccc2OC)cc1. The molecule has 8 nitrogen and oxygen atoms in total. The zero-order valence-electron chi connectivity index (χ0n) is 18.0. The smallest absolute Gasteiger partial charge is 0.265 e. The lowest BCUT2D eigenvalue weighted by atomic mass is 10.3. The van der Waals surface area contributed by atoms with E-state index in [2.05, 4.69) is 10.0 Å². The second kappa shape index (κ2) is 10.9. The molecule has 1 amide bonds. The molecule has 3 aromatic carbocycles. The summed E-state index contributed by atoms with van der Waals surface area (Å²) < 4.78 is 44.5. The van der Waals surface area contributed by atoms with Gasteiger partial charge in [-0.3, -0.25) is 9.52 Å². The number of methoxy groups -OCH3 is 1. The molecule has 2 N–H and O–H groups in total. The molecule has 33 heavy (non-hydrogen) atoms. The number of ether oxygens (including phenoxy) is 3. The van der Waals surface area contributed by atoms with Crippen LogP contribution in [-0.2, 0) is 14.8 Å². The summed E-state index contributed by atoms with van der Waals surface area (Å²) in [5, 5.41) is 2.99. The fraction of sp³-hybridized carbons (Fsp3) is 0.174. The van der Waals surface area contributed by atoms with Crippen LogP contribution in [0.3, 0.4) is 0 Å². The lowest BCUT2D eigenvalue weighted by molar-refractivity contribution is -0.118. The van der Waals surface area contributed by atoms with Crippen LogP contribution in [0.5, 0.6) is 17.2 Å². The third kappa shape index (κ3) is 6.53. The van der Waals surface area contributed by atoms with Gasteiger partial charge in [-0.2, -0.15) is 0 Å². The van der Waals surface area contributed by atoms with Gasteiger partial charge in [0.1, 0.15) is 22.1 Å². The second-order valence-corrected chi connectivity index (χ2v) is 8.75. The Bertz CT molecular complexity index is 1220. The highest BCUT2D eigenvalue weighted by atomic mass is 35.5. The average molecular weight is 491 g/mol. The minimum atomic E-state index is -4.02. The Morgan fingerprint density at radius 3 is 2.30 bits per heavy atom. The molecule has 174 valence electrons. The topological polar surface area (TPSA) is 103 Å². The van der Waals surface area contributed by atoms with E-state index in [9.17, 15) is 13.2 Å². The van der Waals surface area contributed by atoms with Crippen LogP contribution in [0.15, 0.2) is 71.6 Å². The minimum Gasteiger partial charge on any atom is -0.495 e. The van der Waals surface area contributed by atoms with Crippen LogP contribution in [-0.4, -0.2) is 34.6 Å². The third-order valence-electron chi connectivity index (χ3n) is 4.35. The van der Waals surface area contributed by atoms with Gasteiger partial charge in [0.15, 0.2) is 6.61 Å². The summed E-state index contributed by atoms with van der Waals surface area (Å²) in [6.45, 7) is 2.06. The number of benzene rings is 3. The predicted molar refractivity (Wildman–Crippen MR) is 127 cm³/mol. The van der Waals surface area contributed by atoms with Gasteiger partial charge in [-0.1, -0.05) is 23.7 Å².